The lowest BCUT2D eigenvalue weighted by Gasteiger charge is -2.25. The Bertz CT molecular complexity index is 347. The molecule has 0 aromatic heterocycles. The fourth-order valence-corrected chi connectivity index (χ4v) is 2.19. The number of carbonyl (C=O) groups is 2. The van der Waals surface area contributed by atoms with Crippen molar-refractivity contribution >= 4 is 12.0 Å². The molecule has 0 aliphatic carbocycles. The van der Waals surface area contributed by atoms with Crippen LogP contribution in [0.25, 0.3) is 0 Å². The molecule has 2 N–H and O–H groups in total. The van der Waals surface area contributed by atoms with Crippen molar-refractivity contribution < 1.29 is 14.3 Å². The summed E-state index contributed by atoms with van der Waals surface area (Å²) in [6.07, 6.45) is 2.21. The van der Waals surface area contributed by atoms with Gasteiger partial charge < -0.3 is 20.3 Å². The summed E-state index contributed by atoms with van der Waals surface area (Å²) >= 11 is 0. The third kappa shape index (κ3) is 7.32. The smallest absolute Gasteiger partial charge is 0.410 e. The first-order valence-corrected chi connectivity index (χ1v) is 7.72. The molecule has 6 heteroatoms. The maximum absolute atomic E-state index is 11.9. The highest BCUT2D eigenvalue weighted by atomic mass is 16.6. The third-order valence-corrected chi connectivity index (χ3v) is 3.38. The molecular formula is C15H29N3O3. The molecule has 0 atom stereocenters. The molecule has 122 valence electrons. The molecule has 0 spiro atoms. The molecular weight excluding hydrogens is 270 g/mol. The lowest BCUT2D eigenvalue weighted by Crippen LogP contribution is -2.39. The van der Waals surface area contributed by atoms with Crippen LogP contribution in [-0.4, -0.2) is 55.7 Å². The van der Waals surface area contributed by atoms with Crippen molar-refractivity contribution in [3.05, 3.63) is 0 Å². The average molecular weight is 299 g/mol. The minimum absolute atomic E-state index is 0.134. The summed E-state index contributed by atoms with van der Waals surface area (Å²) in [7, 11) is 1.71. The first-order chi connectivity index (χ1) is 9.79. The van der Waals surface area contributed by atoms with E-state index in [-0.39, 0.29) is 17.9 Å². The Morgan fingerprint density at radius 2 is 1.90 bits per heavy atom. The van der Waals surface area contributed by atoms with E-state index in [9.17, 15) is 9.59 Å². The normalized spacial score (nSPS) is 16.4. The average Bonchev–Trinajstić information content (AvgIpc) is 2.42. The van der Waals surface area contributed by atoms with Gasteiger partial charge in [-0.2, -0.15) is 0 Å². The highest BCUT2D eigenvalue weighted by Gasteiger charge is 2.21. The second-order valence-electron chi connectivity index (χ2n) is 6.57. The highest BCUT2D eigenvalue weighted by molar-refractivity contribution is 5.78. The van der Waals surface area contributed by atoms with Crippen molar-refractivity contribution in [2.24, 2.45) is 5.92 Å². The van der Waals surface area contributed by atoms with Crippen LogP contribution in [0.15, 0.2) is 0 Å². The Hall–Kier alpha value is -1.30. The number of piperidine rings is 1. The first-order valence-electron chi connectivity index (χ1n) is 7.72. The zero-order valence-corrected chi connectivity index (χ0v) is 13.7. The Morgan fingerprint density at radius 1 is 1.29 bits per heavy atom. The van der Waals surface area contributed by atoms with E-state index in [1.165, 1.54) is 0 Å². The van der Waals surface area contributed by atoms with Gasteiger partial charge in [-0.15, -0.1) is 0 Å². The zero-order valence-electron chi connectivity index (χ0n) is 13.7. The van der Waals surface area contributed by atoms with E-state index in [4.69, 9.17) is 4.74 Å². The predicted octanol–water partition coefficient (Wildman–Crippen LogP) is 1.36. The van der Waals surface area contributed by atoms with Gasteiger partial charge >= 0.3 is 6.09 Å². The molecule has 0 aromatic carbocycles. The maximum Gasteiger partial charge on any atom is 0.410 e. The molecule has 1 fully saturated rings. The van der Waals surface area contributed by atoms with Gasteiger partial charge in [0.05, 0.1) is 0 Å². The second kappa shape index (κ2) is 8.22. The summed E-state index contributed by atoms with van der Waals surface area (Å²) in [5, 5.41) is 6.19. The number of hydrogen-bond acceptors (Lipinski definition) is 4. The van der Waals surface area contributed by atoms with Crippen LogP contribution in [0, 0.1) is 5.92 Å². The van der Waals surface area contributed by atoms with E-state index in [2.05, 4.69) is 10.6 Å². The molecule has 0 radical (unpaired) electrons. The summed E-state index contributed by atoms with van der Waals surface area (Å²) in [4.78, 5) is 25.2. The molecule has 6 nitrogen and oxygen atoms in total. The van der Waals surface area contributed by atoms with Gasteiger partial charge in [0.25, 0.3) is 0 Å². The number of rotatable bonds is 5. The minimum atomic E-state index is -0.478. The lowest BCUT2D eigenvalue weighted by atomic mass is 9.97. The number of nitrogens with zero attached hydrogens (tertiary/aromatic N) is 1. The molecule has 0 aromatic rings. The zero-order chi connectivity index (χ0) is 15.9. The molecule has 0 saturated carbocycles. The van der Waals surface area contributed by atoms with Crippen LogP contribution >= 0.6 is 0 Å². The fraction of sp³-hybridized carbons (Fsp3) is 0.867. The van der Waals surface area contributed by atoms with Crippen molar-refractivity contribution in [2.75, 3.05) is 33.2 Å². The predicted molar refractivity (Wildman–Crippen MR) is 82.1 cm³/mol. The summed E-state index contributed by atoms with van der Waals surface area (Å²) < 4.78 is 5.27. The number of hydrogen-bond donors (Lipinski definition) is 2. The van der Waals surface area contributed by atoms with Crippen LogP contribution in [0.3, 0.4) is 0 Å². The van der Waals surface area contributed by atoms with E-state index in [1.807, 2.05) is 20.8 Å². The lowest BCUT2D eigenvalue weighted by molar-refractivity contribution is -0.125. The summed E-state index contributed by atoms with van der Waals surface area (Å²) in [5.74, 6) is 0.270. The van der Waals surface area contributed by atoms with Crippen LogP contribution in [0.5, 0.6) is 0 Å². The minimum Gasteiger partial charge on any atom is -0.444 e. The quantitative estimate of drug-likeness (QED) is 0.752. The van der Waals surface area contributed by atoms with Crippen LogP contribution < -0.4 is 10.6 Å². The first kappa shape index (κ1) is 17.8. The molecule has 1 rings (SSSR count). The highest BCUT2D eigenvalue weighted by Crippen LogP contribution is 2.11. The standard InChI is InChI=1S/C15H29N3O3/c1-15(2,3)21-14(20)18(4)11-5-8-17-13(19)12-6-9-16-10-7-12/h12,16H,5-11H2,1-4H3,(H,17,19). The van der Waals surface area contributed by atoms with Gasteiger partial charge in [0, 0.05) is 26.1 Å². The van der Waals surface area contributed by atoms with Gasteiger partial charge in [-0.25, -0.2) is 4.79 Å². The van der Waals surface area contributed by atoms with Gasteiger partial charge in [-0.1, -0.05) is 0 Å². The number of amides is 2. The molecule has 2 amide bonds. The van der Waals surface area contributed by atoms with Gasteiger partial charge in [0.2, 0.25) is 5.91 Å². The van der Waals surface area contributed by atoms with Crippen LogP contribution in [0.4, 0.5) is 4.79 Å². The Balaban J connectivity index is 2.15. The molecule has 1 heterocycles. The largest absolute Gasteiger partial charge is 0.444 e. The van der Waals surface area contributed by atoms with Crippen LogP contribution in [0.1, 0.15) is 40.0 Å². The molecule has 21 heavy (non-hydrogen) atoms. The maximum atomic E-state index is 11.9. The van der Waals surface area contributed by atoms with Crippen molar-refractivity contribution in [3.8, 4) is 0 Å². The topological polar surface area (TPSA) is 70.7 Å². The van der Waals surface area contributed by atoms with E-state index in [1.54, 1.807) is 11.9 Å². The van der Waals surface area contributed by atoms with Crippen molar-refractivity contribution in [3.63, 3.8) is 0 Å². The molecule has 1 aliphatic heterocycles. The summed E-state index contributed by atoms with van der Waals surface area (Å²) in [6.45, 7) is 8.53. The molecule has 0 bridgehead atoms. The summed E-state index contributed by atoms with van der Waals surface area (Å²) in [5.41, 5.74) is -0.478. The van der Waals surface area contributed by atoms with Crippen molar-refractivity contribution in [2.45, 2.75) is 45.6 Å². The van der Waals surface area contributed by atoms with Gasteiger partial charge in [0.15, 0.2) is 0 Å². The Kier molecular flexibility index (Phi) is 6.95. The molecule has 0 unspecified atom stereocenters. The monoisotopic (exact) mass is 299 g/mol. The van der Waals surface area contributed by atoms with E-state index >= 15 is 0 Å². The Morgan fingerprint density at radius 3 is 2.48 bits per heavy atom. The van der Waals surface area contributed by atoms with Crippen LogP contribution in [0.2, 0.25) is 0 Å². The van der Waals surface area contributed by atoms with Gasteiger partial charge in [0.1, 0.15) is 5.60 Å². The molecule has 1 saturated heterocycles. The van der Waals surface area contributed by atoms with E-state index in [0.29, 0.717) is 13.1 Å². The summed E-state index contributed by atoms with van der Waals surface area (Å²) in [6, 6.07) is 0. The van der Waals surface area contributed by atoms with E-state index < -0.39 is 5.60 Å². The second-order valence-corrected chi connectivity index (χ2v) is 6.57. The number of ether oxygens (including phenoxy) is 1. The third-order valence-electron chi connectivity index (χ3n) is 3.38. The number of nitrogens with one attached hydrogen (secondary N) is 2. The van der Waals surface area contributed by atoms with Gasteiger partial charge in [-0.3, -0.25) is 4.79 Å². The fourth-order valence-electron chi connectivity index (χ4n) is 2.19. The molecule has 1 aliphatic rings. The van der Waals surface area contributed by atoms with Gasteiger partial charge in [-0.05, 0) is 53.1 Å². The van der Waals surface area contributed by atoms with Crippen molar-refractivity contribution in [1.29, 1.82) is 0 Å². The Labute approximate surface area is 127 Å². The van der Waals surface area contributed by atoms with Crippen LogP contribution in [-0.2, 0) is 9.53 Å². The van der Waals surface area contributed by atoms with E-state index in [0.717, 1.165) is 32.4 Å². The SMILES string of the molecule is CN(CCCNC(=O)C1CCNCC1)C(=O)OC(C)(C)C. The number of carbonyl (C=O) groups excluding carboxylic acids is 2. The van der Waals surface area contributed by atoms with Crippen molar-refractivity contribution in [1.82, 2.24) is 15.5 Å².